The van der Waals surface area contributed by atoms with Crippen LogP contribution in [0.3, 0.4) is 0 Å². The van der Waals surface area contributed by atoms with Crippen molar-refractivity contribution in [1.82, 2.24) is 4.98 Å². The molecule has 2 heterocycles. The molecule has 0 bridgehead atoms. The van der Waals surface area contributed by atoms with E-state index in [2.05, 4.69) is 9.71 Å². The maximum Gasteiger partial charge on any atom is 0.347 e. The van der Waals surface area contributed by atoms with Crippen LogP contribution in [0.25, 0.3) is 0 Å². The van der Waals surface area contributed by atoms with E-state index in [1.54, 1.807) is 13.8 Å². The first-order valence-electron chi connectivity index (χ1n) is 5.68. The molecule has 0 aliphatic heterocycles. The van der Waals surface area contributed by atoms with E-state index in [-0.39, 0.29) is 20.6 Å². The minimum absolute atomic E-state index is 0.221. The van der Waals surface area contributed by atoms with Crippen molar-refractivity contribution in [3.63, 3.8) is 0 Å². The molecule has 0 fully saturated rings. The second kappa shape index (κ2) is 5.63. The van der Waals surface area contributed by atoms with Crippen LogP contribution in [0.5, 0.6) is 0 Å². The van der Waals surface area contributed by atoms with Crippen LogP contribution < -0.4 is 4.72 Å². The summed E-state index contributed by atoms with van der Waals surface area (Å²) in [6, 6.07) is 1.52. The number of carbonyl (C=O) groups is 1. The molecule has 0 unspecified atom stereocenters. The highest BCUT2D eigenvalue weighted by Gasteiger charge is 2.27. The zero-order chi connectivity index (χ0) is 15.8. The van der Waals surface area contributed by atoms with E-state index < -0.39 is 16.0 Å². The lowest BCUT2D eigenvalue weighted by Crippen LogP contribution is -2.16. The Balaban J connectivity index is 2.45. The van der Waals surface area contributed by atoms with Crippen molar-refractivity contribution in [2.24, 2.45) is 0 Å². The van der Waals surface area contributed by atoms with Crippen LogP contribution in [0.2, 0.25) is 5.15 Å². The van der Waals surface area contributed by atoms with Gasteiger partial charge in [0.15, 0.2) is 0 Å². The summed E-state index contributed by atoms with van der Waals surface area (Å²) in [5.41, 5.74) is 1.21. The first-order chi connectivity index (χ1) is 9.72. The van der Waals surface area contributed by atoms with Crippen LogP contribution in [-0.2, 0) is 10.0 Å². The van der Waals surface area contributed by atoms with Gasteiger partial charge in [0.1, 0.15) is 14.9 Å². The number of nitrogens with one attached hydrogen (secondary N) is 1. The maximum absolute atomic E-state index is 12.4. The molecule has 0 saturated carbocycles. The van der Waals surface area contributed by atoms with E-state index >= 15 is 0 Å². The highest BCUT2D eigenvalue weighted by atomic mass is 35.5. The lowest BCUT2D eigenvalue weighted by Gasteiger charge is -2.09. The van der Waals surface area contributed by atoms with Gasteiger partial charge in [0.2, 0.25) is 0 Å². The van der Waals surface area contributed by atoms with Crippen LogP contribution in [0, 0.1) is 13.8 Å². The molecule has 0 aliphatic rings. The Kier molecular flexibility index (Phi) is 4.22. The van der Waals surface area contributed by atoms with E-state index in [1.807, 2.05) is 0 Å². The van der Waals surface area contributed by atoms with Crippen LogP contribution in [0.1, 0.15) is 20.8 Å². The zero-order valence-corrected chi connectivity index (χ0v) is 13.4. The molecule has 0 spiro atoms. The molecule has 112 valence electrons. The smallest absolute Gasteiger partial charge is 0.347 e. The third-order valence-corrected chi connectivity index (χ3v) is 5.83. The molecule has 0 radical (unpaired) electrons. The number of pyridine rings is 1. The number of thiophene rings is 1. The summed E-state index contributed by atoms with van der Waals surface area (Å²) in [5, 5.41) is 10.8. The number of carboxylic acid groups (broad SMARTS) is 1. The average molecular weight is 347 g/mol. The first kappa shape index (κ1) is 15.7. The van der Waals surface area contributed by atoms with E-state index in [0.717, 1.165) is 11.3 Å². The quantitative estimate of drug-likeness (QED) is 0.830. The molecule has 2 N–H and O–H groups in total. The Morgan fingerprint density at radius 3 is 2.62 bits per heavy atom. The largest absolute Gasteiger partial charge is 0.477 e. The van der Waals surface area contributed by atoms with Gasteiger partial charge in [-0.15, -0.1) is 11.3 Å². The van der Waals surface area contributed by atoms with Crippen molar-refractivity contribution < 1.29 is 18.3 Å². The van der Waals surface area contributed by atoms with Crippen molar-refractivity contribution in [2.45, 2.75) is 18.7 Å². The number of aromatic nitrogens is 1. The third kappa shape index (κ3) is 3.17. The third-order valence-electron chi connectivity index (χ3n) is 2.65. The van der Waals surface area contributed by atoms with Gasteiger partial charge in [0, 0.05) is 0 Å². The number of nitrogens with zero attached hydrogens (tertiary/aromatic N) is 1. The lowest BCUT2D eigenvalue weighted by atomic mass is 10.3. The summed E-state index contributed by atoms with van der Waals surface area (Å²) in [5.74, 6) is -1.28. The fourth-order valence-corrected chi connectivity index (χ4v) is 4.51. The summed E-state index contributed by atoms with van der Waals surface area (Å²) < 4.78 is 27.1. The Labute approximate surface area is 130 Å². The van der Waals surface area contributed by atoms with Crippen molar-refractivity contribution >= 4 is 44.6 Å². The number of anilines is 1. The van der Waals surface area contributed by atoms with E-state index in [1.165, 1.54) is 17.6 Å². The monoisotopic (exact) mass is 346 g/mol. The molecule has 0 aromatic carbocycles. The second-order valence-corrected chi connectivity index (χ2v) is 7.18. The molecule has 0 atom stereocenters. The van der Waals surface area contributed by atoms with Gasteiger partial charge in [-0.05, 0) is 36.4 Å². The highest BCUT2D eigenvalue weighted by molar-refractivity contribution is 7.93. The summed E-state index contributed by atoms with van der Waals surface area (Å²) >= 11 is 6.65. The predicted octanol–water partition coefficient (Wildman–Crippen LogP) is 2.91. The highest BCUT2D eigenvalue weighted by Crippen LogP contribution is 2.29. The number of rotatable bonds is 4. The van der Waals surface area contributed by atoms with Crippen molar-refractivity contribution in [2.75, 3.05) is 4.72 Å². The zero-order valence-electron chi connectivity index (χ0n) is 11.0. The number of hydrogen-bond acceptors (Lipinski definition) is 5. The fraction of sp³-hybridized carbons (Fsp3) is 0.167. The first-order valence-corrected chi connectivity index (χ1v) is 8.43. The Hall–Kier alpha value is -1.64. The standard InChI is InChI=1S/C12H11ClN2O4S2/c1-6-3-8(4-14-11(6)13)15-21(18,19)10-7(2)5-20-9(10)12(16)17/h3-5,15H,1-2H3,(H,16,17). The lowest BCUT2D eigenvalue weighted by molar-refractivity contribution is 0.0698. The molecule has 2 aromatic rings. The molecular weight excluding hydrogens is 336 g/mol. The van der Waals surface area contributed by atoms with Crippen LogP contribution in [0.15, 0.2) is 22.5 Å². The number of halogens is 1. The second-order valence-electron chi connectivity index (χ2n) is 4.32. The summed E-state index contributed by atoms with van der Waals surface area (Å²) in [4.78, 5) is 14.5. The number of aromatic carboxylic acids is 1. The number of aryl methyl sites for hydroxylation is 2. The average Bonchev–Trinajstić information content (AvgIpc) is 2.76. The molecule has 2 rings (SSSR count). The van der Waals surface area contributed by atoms with Crippen LogP contribution in [-0.4, -0.2) is 24.5 Å². The summed E-state index contributed by atoms with van der Waals surface area (Å²) in [6.45, 7) is 3.23. The summed E-state index contributed by atoms with van der Waals surface area (Å²) in [6.07, 6.45) is 1.27. The molecule has 21 heavy (non-hydrogen) atoms. The van der Waals surface area contributed by atoms with Gasteiger partial charge in [-0.1, -0.05) is 11.6 Å². The van der Waals surface area contributed by atoms with Gasteiger partial charge >= 0.3 is 5.97 Å². The Morgan fingerprint density at radius 2 is 2.05 bits per heavy atom. The van der Waals surface area contributed by atoms with Gasteiger partial charge in [-0.2, -0.15) is 0 Å². The Bertz CT molecular complexity index is 815. The van der Waals surface area contributed by atoms with Gasteiger partial charge in [0.25, 0.3) is 10.0 Å². The summed E-state index contributed by atoms with van der Waals surface area (Å²) in [7, 11) is -4.01. The van der Waals surface area contributed by atoms with Gasteiger partial charge in [0.05, 0.1) is 11.9 Å². The van der Waals surface area contributed by atoms with Gasteiger partial charge in [-0.3, -0.25) is 4.72 Å². The molecule has 0 saturated heterocycles. The number of hydrogen-bond donors (Lipinski definition) is 2. The molecular formula is C12H11ClN2O4S2. The van der Waals surface area contributed by atoms with Crippen molar-refractivity contribution in [3.8, 4) is 0 Å². The van der Waals surface area contributed by atoms with E-state index in [0.29, 0.717) is 11.1 Å². The minimum atomic E-state index is -4.01. The maximum atomic E-state index is 12.4. The predicted molar refractivity (Wildman–Crippen MR) is 80.8 cm³/mol. The number of carboxylic acids is 1. The van der Waals surface area contributed by atoms with Crippen molar-refractivity contribution in [1.29, 1.82) is 0 Å². The van der Waals surface area contributed by atoms with Gasteiger partial charge in [-0.25, -0.2) is 18.2 Å². The van der Waals surface area contributed by atoms with Crippen LogP contribution in [0.4, 0.5) is 5.69 Å². The molecule has 6 nitrogen and oxygen atoms in total. The van der Waals surface area contributed by atoms with Gasteiger partial charge < -0.3 is 5.11 Å². The van der Waals surface area contributed by atoms with E-state index in [4.69, 9.17) is 16.7 Å². The minimum Gasteiger partial charge on any atom is -0.477 e. The SMILES string of the molecule is Cc1cc(NS(=O)(=O)c2c(C)csc2C(=O)O)cnc1Cl. The van der Waals surface area contributed by atoms with Crippen LogP contribution >= 0.6 is 22.9 Å². The number of sulfonamides is 1. The molecule has 2 aromatic heterocycles. The Morgan fingerprint density at radius 1 is 1.38 bits per heavy atom. The molecule has 0 amide bonds. The van der Waals surface area contributed by atoms with E-state index in [9.17, 15) is 13.2 Å². The van der Waals surface area contributed by atoms with Crippen molar-refractivity contribution in [3.05, 3.63) is 38.8 Å². The molecule has 0 aliphatic carbocycles. The molecule has 9 heteroatoms. The topological polar surface area (TPSA) is 96.4 Å². The fourth-order valence-electron chi connectivity index (χ4n) is 1.74. The normalized spacial score (nSPS) is 11.4.